The highest BCUT2D eigenvalue weighted by Crippen LogP contribution is 2.21. The Morgan fingerprint density at radius 1 is 1.12 bits per heavy atom. The number of aryl methyl sites for hydroxylation is 2. The molecule has 2 N–H and O–H groups in total. The Morgan fingerprint density at radius 3 is 2.88 bits per heavy atom. The van der Waals surface area contributed by atoms with E-state index in [2.05, 4.69) is 42.9 Å². The van der Waals surface area contributed by atoms with Crippen LogP contribution in [-0.2, 0) is 6.54 Å². The average Bonchev–Trinajstić information content (AvgIpc) is 3.17. The Morgan fingerprint density at radius 2 is 2.04 bits per heavy atom. The van der Waals surface area contributed by atoms with Crippen molar-refractivity contribution in [2.75, 3.05) is 5.32 Å². The van der Waals surface area contributed by atoms with Crippen molar-refractivity contribution in [3.63, 3.8) is 0 Å². The zero-order valence-electron chi connectivity index (χ0n) is 13.7. The molecule has 0 amide bonds. The molecule has 1 aromatic carbocycles. The second-order valence-corrected chi connectivity index (χ2v) is 5.91. The molecule has 0 radical (unpaired) electrons. The fourth-order valence-electron chi connectivity index (χ4n) is 2.77. The third kappa shape index (κ3) is 2.65. The van der Waals surface area contributed by atoms with Crippen molar-refractivity contribution in [2.24, 2.45) is 0 Å². The lowest BCUT2D eigenvalue weighted by molar-refractivity contribution is 1.00. The fraction of sp³-hybridized carbons (Fsp3) is 0.158. The highest BCUT2D eigenvalue weighted by atomic mass is 15.0. The van der Waals surface area contributed by atoms with Gasteiger partial charge in [0.15, 0.2) is 0 Å². The van der Waals surface area contributed by atoms with Crippen molar-refractivity contribution in [2.45, 2.75) is 20.4 Å². The van der Waals surface area contributed by atoms with Crippen LogP contribution in [0.5, 0.6) is 0 Å². The summed E-state index contributed by atoms with van der Waals surface area (Å²) in [5.74, 6) is 0.906. The second-order valence-electron chi connectivity index (χ2n) is 5.91. The molecule has 3 aromatic heterocycles. The van der Waals surface area contributed by atoms with Crippen molar-refractivity contribution in [1.29, 1.82) is 0 Å². The van der Waals surface area contributed by atoms with E-state index in [-0.39, 0.29) is 0 Å². The molecule has 5 nitrogen and oxygen atoms in total. The number of H-pyrrole nitrogens is 1. The van der Waals surface area contributed by atoms with Gasteiger partial charge in [-0.05, 0) is 38.1 Å². The van der Waals surface area contributed by atoms with Gasteiger partial charge in [0, 0.05) is 23.1 Å². The highest BCUT2D eigenvalue weighted by molar-refractivity contribution is 5.63. The topological polar surface area (TPSA) is 58.0 Å². The number of hydrogen-bond donors (Lipinski definition) is 2. The molecule has 4 aromatic rings. The quantitative estimate of drug-likeness (QED) is 0.599. The lowest BCUT2D eigenvalue weighted by Gasteiger charge is -2.07. The summed E-state index contributed by atoms with van der Waals surface area (Å²) in [6.07, 6.45) is 3.94. The van der Waals surface area contributed by atoms with Gasteiger partial charge in [-0.2, -0.15) is 0 Å². The molecular formula is C19H19N5. The van der Waals surface area contributed by atoms with E-state index in [1.165, 1.54) is 0 Å². The van der Waals surface area contributed by atoms with Crippen LogP contribution < -0.4 is 5.32 Å². The Balaban J connectivity index is 1.56. The van der Waals surface area contributed by atoms with E-state index in [0.29, 0.717) is 6.54 Å². The summed E-state index contributed by atoms with van der Waals surface area (Å²) in [6, 6.07) is 14.3. The van der Waals surface area contributed by atoms with Crippen molar-refractivity contribution in [3.05, 3.63) is 71.9 Å². The van der Waals surface area contributed by atoms with Crippen LogP contribution in [0.25, 0.3) is 17.0 Å². The van der Waals surface area contributed by atoms with E-state index in [9.17, 15) is 0 Å². The molecule has 4 rings (SSSR count). The van der Waals surface area contributed by atoms with Gasteiger partial charge in [-0.1, -0.05) is 18.2 Å². The molecule has 0 bridgehead atoms. The number of pyridine rings is 1. The Hall–Kier alpha value is -3.08. The first-order valence-corrected chi connectivity index (χ1v) is 7.99. The third-order valence-corrected chi connectivity index (χ3v) is 4.23. The standard InChI is InChI=1S/C19H19N5/c1-13-14(2)23-19(22-13)15-6-5-7-16(10-15)20-11-17-12-21-18-8-3-4-9-24(17)18/h3-10,12,20H,11H2,1-2H3,(H,22,23). The summed E-state index contributed by atoms with van der Waals surface area (Å²) in [7, 11) is 0. The number of rotatable bonds is 4. The molecule has 3 heterocycles. The number of aromatic nitrogens is 4. The first-order chi connectivity index (χ1) is 11.7. The normalized spacial score (nSPS) is 11.1. The van der Waals surface area contributed by atoms with Crippen LogP contribution in [0.2, 0.25) is 0 Å². The van der Waals surface area contributed by atoms with Gasteiger partial charge < -0.3 is 14.7 Å². The van der Waals surface area contributed by atoms with E-state index in [0.717, 1.165) is 39.8 Å². The summed E-state index contributed by atoms with van der Waals surface area (Å²) < 4.78 is 2.09. The van der Waals surface area contributed by atoms with Gasteiger partial charge in [-0.15, -0.1) is 0 Å². The Kier molecular flexibility index (Phi) is 3.54. The maximum atomic E-state index is 4.58. The highest BCUT2D eigenvalue weighted by Gasteiger charge is 2.06. The first-order valence-electron chi connectivity index (χ1n) is 7.99. The zero-order valence-corrected chi connectivity index (χ0v) is 13.7. The van der Waals surface area contributed by atoms with Crippen LogP contribution in [0.1, 0.15) is 17.1 Å². The summed E-state index contributed by atoms with van der Waals surface area (Å²) in [5, 5.41) is 3.47. The van der Waals surface area contributed by atoms with Crippen LogP contribution in [0, 0.1) is 13.8 Å². The second kappa shape index (κ2) is 5.85. The molecule has 0 spiro atoms. The maximum absolute atomic E-state index is 4.58. The fourth-order valence-corrected chi connectivity index (χ4v) is 2.77. The maximum Gasteiger partial charge on any atom is 0.137 e. The predicted octanol–water partition coefficient (Wildman–Crippen LogP) is 3.95. The predicted molar refractivity (Wildman–Crippen MR) is 96.0 cm³/mol. The van der Waals surface area contributed by atoms with Crippen molar-refractivity contribution < 1.29 is 0 Å². The van der Waals surface area contributed by atoms with Gasteiger partial charge in [0.2, 0.25) is 0 Å². The van der Waals surface area contributed by atoms with E-state index < -0.39 is 0 Å². The van der Waals surface area contributed by atoms with Crippen LogP contribution in [0.4, 0.5) is 5.69 Å². The van der Waals surface area contributed by atoms with Gasteiger partial charge in [-0.25, -0.2) is 9.97 Å². The van der Waals surface area contributed by atoms with Crippen molar-refractivity contribution in [1.82, 2.24) is 19.4 Å². The molecule has 5 heteroatoms. The molecule has 0 unspecified atom stereocenters. The van der Waals surface area contributed by atoms with Gasteiger partial charge in [0.05, 0.1) is 24.1 Å². The average molecular weight is 317 g/mol. The van der Waals surface area contributed by atoms with Gasteiger partial charge in [0.1, 0.15) is 11.5 Å². The Labute approximate surface area is 140 Å². The molecule has 0 aliphatic carbocycles. The van der Waals surface area contributed by atoms with Crippen LogP contribution in [-0.4, -0.2) is 19.4 Å². The lowest BCUT2D eigenvalue weighted by atomic mass is 10.2. The molecule has 0 aliphatic rings. The van der Waals surface area contributed by atoms with E-state index in [4.69, 9.17) is 0 Å². The smallest absolute Gasteiger partial charge is 0.137 e. The first kappa shape index (κ1) is 14.5. The lowest BCUT2D eigenvalue weighted by Crippen LogP contribution is -2.02. The number of imidazole rings is 2. The number of anilines is 1. The SMILES string of the molecule is Cc1nc(-c2cccc(NCc3cnc4ccccn34)c2)[nH]c1C. The molecule has 0 aliphatic heterocycles. The van der Waals surface area contributed by atoms with Gasteiger partial charge >= 0.3 is 0 Å². The number of hydrogen-bond acceptors (Lipinski definition) is 3. The zero-order chi connectivity index (χ0) is 16.5. The summed E-state index contributed by atoms with van der Waals surface area (Å²) in [4.78, 5) is 12.3. The molecule has 0 saturated heterocycles. The van der Waals surface area contributed by atoms with Crippen LogP contribution >= 0.6 is 0 Å². The van der Waals surface area contributed by atoms with E-state index >= 15 is 0 Å². The van der Waals surface area contributed by atoms with E-state index in [1.54, 1.807) is 0 Å². The minimum atomic E-state index is 0.713. The van der Waals surface area contributed by atoms with Gasteiger partial charge in [0.25, 0.3) is 0 Å². The van der Waals surface area contributed by atoms with Crippen molar-refractivity contribution in [3.8, 4) is 11.4 Å². The minimum absolute atomic E-state index is 0.713. The Bertz CT molecular complexity index is 976. The molecular weight excluding hydrogens is 298 g/mol. The molecule has 120 valence electrons. The number of fused-ring (bicyclic) bond motifs is 1. The number of nitrogens with zero attached hydrogens (tertiary/aromatic N) is 3. The molecule has 0 atom stereocenters. The third-order valence-electron chi connectivity index (χ3n) is 4.23. The summed E-state index contributed by atoms with van der Waals surface area (Å²) in [6.45, 7) is 4.77. The molecule has 0 fully saturated rings. The summed E-state index contributed by atoms with van der Waals surface area (Å²) >= 11 is 0. The van der Waals surface area contributed by atoms with Crippen LogP contribution in [0.15, 0.2) is 54.9 Å². The monoisotopic (exact) mass is 317 g/mol. The van der Waals surface area contributed by atoms with Gasteiger partial charge in [-0.3, -0.25) is 0 Å². The van der Waals surface area contributed by atoms with Crippen molar-refractivity contribution >= 4 is 11.3 Å². The number of aromatic amines is 1. The summed E-state index contributed by atoms with van der Waals surface area (Å²) in [5.41, 5.74) is 6.37. The molecule has 0 saturated carbocycles. The minimum Gasteiger partial charge on any atom is -0.379 e. The number of nitrogens with one attached hydrogen (secondary N) is 2. The van der Waals surface area contributed by atoms with Crippen LogP contribution in [0.3, 0.4) is 0 Å². The number of benzene rings is 1. The van der Waals surface area contributed by atoms with E-state index in [1.807, 2.05) is 50.5 Å². The largest absolute Gasteiger partial charge is 0.379 e. The molecule has 24 heavy (non-hydrogen) atoms.